The van der Waals surface area contributed by atoms with Crippen LogP contribution >= 0.6 is 0 Å². The van der Waals surface area contributed by atoms with E-state index < -0.39 is 18.0 Å². The quantitative estimate of drug-likeness (QED) is 0.198. The number of nitriles is 1. The van der Waals surface area contributed by atoms with E-state index in [1.807, 2.05) is 26.1 Å². The zero-order valence-corrected chi connectivity index (χ0v) is 27.1. The molecule has 1 aliphatic carbocycles. The van der Waals surface area contributed by atoms with E-state index in [0.29, 0.717) is 65.5 Å². The number of aliphatic hydroxyl groups is 1. The molecule has 3 aliphatic rings. The van der Waals surface area contributed by atoms with Crippen LogP contribution in [0.4, 0.5) is 24.8 Å². The van der Waals surface area contributed by atoms with Gasteiger partial charge in [-0.25, -0.2) is 4.98 Å². The number of aromatic nitrogens is 5. The number of alkyl halides is 3. The number of anilines is 2. The lowest BCUT2D eigenvalue weighted by molar-refractivity contribution is -0.138. The third kappa shape index (κ3) is 6.10. The Morgan fingerprint density at radius 2 is 1.96 bits per heavy atom. The van der Waals surface area contributed by atoms with Gasteiger partial charge in [0.25, 0.3) is 0 Å². The van der Waals surface area contributed by atoms with Gasteiger partial charge in [0.1, 0.15) is 18.0 Å². The molecule has 4 aromatic rings. The fourth-order valence-corrected chi connectivity index (χ4v) is 7.44. The Labute approximate surface area is 277 Å². The number of nitrogens with one attached hydrogen (secondary N) is 1. The lowest BCUT2D eigenvalue weighted by Gasteiger charge is -2.38. The molecule has 1 saturated heterocycles. The Bertz CT molecular complexity index is 1880. The lowest BCUT2D eigenvalue weighted by atomic mass is 9.68. The first-order valence-corrected chi connectivity index (χ1v) is 16.4. The number of aryl methyl sites for hydroxylation is 2. The van der Waals surface area contributed by atoms with Crippen LogP contribution in [0.3, 0.4) is 0 Å². The van der Waals surface area contributed by atoms with Crippen molar-refractivity contribution >= 4 is 11.6 Å². The van der Waals surface area contributed by atoms with Crippen LogP contribution in [0.5, 0.6) is 0 Å². The van der Waals surface area contributed by atoms with Crippen molar-refractivity contribution in [3.63, 3.8) is 0 Å². The van der Waals surface area contributed by atoms with E-state index >= 15 is 0 Å². The first kappa shape index (κ1) is 32.0. The van der Waals surface area contributed by atoms with E-state index in [4.69, 9.17) is 10.2 Å². The van der Waals surface area contributed by atoms with Crippen LogP contribution in [0.2, 0.25) is 0 Å². The highest BCUT2D eigenvalue weighted by Crippen LogP contribution is 2.49. The van der Waals surface area contributed by atoms with Gasteiger partial charge in [-0.2, -0.15) is 18.4 Å². The molecule has 0 amide bonds. The molecule has 2 fully saturated rings. The van der Waals surface area contributed by atoms with Crippen molar-refractivity contribution in [2.24, 2.45) is 12.5 Å². The maximum absolute atomic E-state index is 14.6. The Hall–Kier alpha value is -4.54. The van der Waals surface area contributed by atoms with Crippen LogP contribution in [0.15, 0.2) is 42.9 Å². The van der Waals surface area contributed by atoms with Crippen LogP contribution in [-0.2, 0) is 26.3 Å². The lowest BCUT2D eigenvalue weighted by Crippen LogP contribution is -2.32. The minimum atomic E-state index is -4.58. The second-order valence-electron chi connectivity index (χ2n) is 13.4. The summed E-state index contributed by atoms with van der Waals surface area (Å²) in [7, 11) is 1.83. The molecule has 5 heterocycles. The highest BCUT2D eigenvalue weighted by atomic mass is 19.4. The first-order chi connectivity index (χ1) is 23.0. The van der Waals surface area contributed by atoms with Crippen LogP contribution in [0.1, 0.15) is 72.7 Å². The summed E-state index contributed by atoms with van der Waals surface area (Å²) in [6, 6.07) is 10.7. The zero-order chi connectivity index (χ0) is 33.6. The number of benzene rings is 1. The van der Waals surface area contributed by atoms with Gasteiger partial charge in [-0.3, -0.25) is 9.88 Å². The van der Waals surface area contributed by atoms with Gasteiger partial charge < -0.3 is 19.9 Å². The van der Waals surface area contributed by atoms with Crippen LogP contribution in [0, 0.1) is 23.7 Å². The molecule has 13 heteroatoms. The molecule has 3 aromatic heterocycles. The smallest absolute Gasteiger partial charge is 0.370 e. The van der Waals surface area contributed by atoms with Gasteiger partial charge in [0.05, 0.1) is 11.6 Å². The normalized spacial score (nSPS) is 18.6. The third-order valence-electron chi connectivity index (χ3n) is 10.1. The van der Waals surface area contributed by atoms with Crippen molar-refractivity contribution in [1.29, 1.82) is 5.26 Å². The van der Waals surface area contributed by atoms with Crippen molar-refractivity contribution in [2.75, 3.05) is 29.9 Å². The number of pyridine rings is 2. The maximum atomic E-state index is 14.6. The molecule has 2 N–H and O–H groups in total. The van der Waals surface area contributed by atoms with Crippen molar-refractivity contribution in [3.05, 3.63) is 70.8 Å². The fourth-order valence-electron chi connectivity index (χ4n) is 7.44. The molecule has 7 rings (SSSR count). The molecule has 1 saturated carbocycles. The number of hydrogen-bond acceptors (Lipinski definition) is 9. The van der Waals surface area contributed by atoms with Gasteiger partial charge in [-0.1, -0.05) is 6.42 Å². The fraction of sp³-hybridized carbons (Fsp3) is 0.457. The summed E-state index contributed by atoms with van der Waals surface area (Å²) in [4.78, 5) is 13.0. The monoisotopic (exact) mass is 657 g/mol. The molecular weight excluding hydrogens is 619 g/mol. The number of halogens is 3. The summed E-state index contributed by atoms with van der Waals surface area (Å²) in [5.41, 5.74) is 3.46. The number of rotatable bonds is 9. The third-order valence-corrected chi connectivity index (χ3v) is 10.1. The van der Waals surface area contributed by atoms with Gasteiger partial charge >= 0.3 is 6.18 Å². The number of fused-ring (bicyclic) bond motifs is 1. The topological polar surface area (TPSA) is 119 Å². The molecule has 0 bridgehead atoms. The summed E-state index contributed by atoms with van der Waals surface area (Å²) in [6.45, 7) is 4.38. The van der Waals surface area contributed by atoms with Gasteiger partial charge in [0, 0.05) is 62.7 Å². The van der Waals surface area contributed by atoms with Gasteiger partial charge in [-0.15, -0.1) is 10.2 Å². The Morgan fingerprint density at radius 3 is 2.65 bits per heavy atom. The minimum Gasteiger partial charge on any atom is -0.370 e. The Balaban J connectivity index is 1.27. The second-order valence-corrected chi connectivity index (χ2v) is 13.4. The van der Waals surface area contributed by atoms with Crippen LogP contribution in [-0.4, -0.2) is 54.4 Å². The summed E-state index contributed by atoms with van der Waals surface area (Å²) >= 11 is 0. The highest BCUT2D eigenvalue weighted by molar-refractivity contribution is 5.83. The average Bonchev–Trinajstić information content (AvgIpc) is 3.76. The second kappa shape index (κ2) is 12.5. The average molecular weight is 658 g/mol. The summed E-state index contributed by atoms with van der Waals surface area (Å²) < 4.78 is 45.6. The molecule has 250 valence electrons. The SMILES string of the molecule is Cc1cc(-c2cc(NCCCC#N)nc(N3Cc4c(cc(CN5CCC6(CCC6)C5)cc4C(F)(F)F)C3O)c2)c(-c2nncn2C)cn1. The van der Waals surface area contributed by atoms with E-state index in [2.05, 4.69) is 31.5 Å². The summed E-state index contributed by atoms with van der Waals surface area (Å²) in [6.07, 6.45) is 3.04. The molecule has 0 radical (unpaired) electrons. The Morgan fingerprint density at radius 1 is 1.12 bits per heavy atom. The van der Waals surface area contributed by atoms with E-state index in [1.165, 1.54) is 30.2 Å². The predicted octanol–water partition coefficient (Wildman–Crippen LogP) is 6.37. The maximum Gasteiger partial charge on any atom is 0.416 e. The summed E-state index contributed by atoms with van der Waals surface area (Å²) in [5.74, 6) is 1.38. The first-order valence-electron chi connectivity index (χ1n) is 16.4. The van der Waals surface area contributed by atoms with E-state index in [1.54, 1.807) is 29.2 Å². The van der Waals surface area contributed by atoms with E-state index in [-0.39, 0.29) is 17.7 Å². The van der Waals surface area contributed by atoms with Gasteiger partial charge in [0.15, 0.2) is 12.1 Å². The van der Waals surface area contributed by atoms with E-state index in [0.717, 1.165) is 30.8 Å². The van der Waals surface area contributed by atoms with Crippen LogP contribution in [0.25, 0.3) is 22.5 Å². The molecule has 1 atom stereocenters. The number of likely N-dealkylation sites (tertiary alicyclic amines) is 1. The van der Waals surface area contributed by atoms with Crippen LogP contribution < -0.4 is 10.2 Å². The largest absolute Gasteiger partial charge is 0.416 e. The van der Waals surface area contributed by atoms with Crippen molar-refractivity contribution in [3.8, 4) is 28.6 Å². The van der Waals surface area contributed by atoms with Crippen molar-refractivity contribution < 1.29 is 18.3 Å². The molecule has 1 spiro atoms. The molecule has 1 aromatic carbocycles. The number of nitrogens with zero attached hydrogens (tertiary/aromatic N) is 8. The predicted molar refractivity (Wildman–Crippen MR) is 174 cm³/mol. The Kier molecular flexibility index (Phi) is 8.33. The molecule has 48 heavy (non-hydrogen) atoms. The zero-order valence-electron chi connectivity index (χ0n) is 27.1. The highest BCUT2D eigenvalue weighted by Gasteiger charge is 2.44. The van der Waals surface area contributed by atoms with Gasteiger partial charge in [-0.05, 0) is 97.2 Å². The number of hydrogen-bond donors (Lipinski definition) is 2. The summed E-state index contributed by atoms with van der Waals surface area (Å²) in [5, 5.41) is 32.3. The molecule has 2 aliphatic heterocycles. The molecule has 10 nitrogen and oxygen atoms in total. The minimum absolute atomic E-state index is 0.0610. The standard InChI is InChI=1S/C35H38F3N9O/c1-22-12-25(27(17-41-22)32-44-42-21-45(32)2)24-15-30(40-10-4-3-9-39)43-31(16-24)47-19-28-26(33(47)48)13-23(14-29(28)35(36,37)38)18-46-11-8-34(20-46)6-5-7-34/h12-17,21,33,48H,3-8,10-11,18-20H2,1-2H3,(H,40,43). The molecular formula is C35H38F3N9O. The number of unbranched alkanes of at least 4 members (excludes halogenated alkanes) is 1. The van der Waals surface area contributed by atoms with Crippen molar-refractivity contribution in [2.45, 2.75) is 70.9 Å². The van der Waals surface area contributed by atoms with Crippen molar-refractivity contribution in [1.82, 2.24) is 29.6 Å². The number of aliphatic hydroxyl groups excluding tert-OH is 1. The molecule has 1 unspecified atom stereocenters. The van der Waals surface area contributed by atoms with Gasteiger partial charge in [0.2, 0.25) is 0 Å². The van der Waals surface area contributed by atoms with E-state index in [9.17, 15) is 18.3 Å².